The van der Waals surface area contributed by atoms with Crippen molar-refractivity contribution in [1.29, 1.82) is 0 Å². The van der Waals surface area contributed by atoms with Crippen molar-refractivity contribution in [2.75, 3.05) is 7.11 Å². The number of benzene rings is 2. The van der Waals surface area contributed by atoms with E-state index >= 15 is 0 Å². The molecule has 3 aromatic rings. The van der Waals surface area contributed by atoms with Crippen molar-refractivity contribution < 1.29 is 13.9 Å². The minimum Gasteiger partial charge on any atom is -0.465 e. The van der Waals surface area contributed by atoms with Crippen LogP contribution in [0.15, 0.2) is 46.9 Å². The van der Waals surface area contributed by atoms with Crippen LogP contribution >= 0.6 is 0 Å². The summed E-state index contributed by atoms with van der Waals surface area (Å²) in [7, 11) is 1.36. The fourth-order valence-corrected chi connectivity index (χ4v) is 2.38. The van der Waals surface area contributed by atoms with Gasteiger partial charge in [-0.25, -0.2) is 9.78 Å². The maximum atomic E-state index is 11.5. The first kappa shape index (κ1) is 15.3. The molecule has 3 rings (SSSR count). The van der Waals surface area contributed by atoms with Gasteiger partial charge in [-0.1, -0.05) is 26.8 Å². The van der Waals surface area contributed by atoms with Crippen LogP contribution in [0.1, 0.15) is 36.7 Å². The summed E-state index contributed by atoms with van der Waals surface area (Å²) < 4.78 is 10.5. The molecule has 0 bridgehead atoms. The predicted octanol–water partition coefficient (Wildman–Crippen LogP) is 4.58. The Kier molecular flexibility index (Phi) is 3.68. The normalized spacial score (nSPS) is 11.7. The number of carbonyl (C=O) groups is 1. The van der Waals surface area contributed by atoms with Crippen molar-refractivity contribution in [2.24, 2.45) is 0 Å². The lowest BCUT2D eigenvalue weighted by Crippen LogP contribution is -2.10. The number of fused-ring (bicyclic) bond motifs is 1. The van der Waals surface area contributed by atoms with Crippen LogP contribution in [0.2, 0.25) is 0 Å². The molecule has 0 saturated carbocycles. The summed E-state index contributed by atoms with van der Waals surface area (Å²) in [4.78, 5) is 16.0. The Labute approximate surface area is 135 Å². The topological polar surface area (TPSA) is 52.3 Å². The molecule has 0 aliphatic carbocycles. The predicted molar refractivity (Wildman–Crippen MR) is 89.5 cm³/mol. The SMILES string of the molecule is COC(=O)c1ccc(-c2nc3cc(C(C)(C)C)ccc3o2)cc1. The van der Waals surface area contributed by atoms with Gasteiger partial charge in [-0.15, -0.1) is 0 Å². The minimum atomic E-state index is -0.357. The second kappa shape index (κ2) is 5.54. The van der Waals surface area contributed by atoms with Crippen molar-refractivity contribution in [3.63, 3.8) is 0 Å². The lowest BCUT2D eigenvalue weighted by atomic mass is 9.87. The summed E-state index contributed by atoms with van der Waals surface area (Å²) in [5, 5.41) is 0. The van der Waals surface area contributed by atoms with Crippen molar-refractivity contribution in [3.8, 4) is 11.5 Å². The van der Waals surface area contributed by atoms with Crippen LogP contribution in [0.4, 0.5) is 0 Å². The van der Waals surface area contributed by atoms with Gasteiger partial charge in [-0.05, 0) is 47.4 Å². The van der Waals surface area contributed by atoms with Gasteiger partial charge in [-0.2, -0.15) is 0 Å². The summed E-state index contributed by atoms with van der Waals surface area (Å²) in [6.07, 6.45) is 0. The van der Waals surface area contributed by atoms with E-state index in [1.54, 1.807) is 12.1 Å². The quantitative estimate of drug-likeness (QED) is 0.650. The summed E-state index contributed by atoms with van der Waals surface area (Å²) in [6.45, 7) is 6.50. The summed E-state index contributed by atoms with van der Waals surface area (Å²) in [5.41, 5.74) is 4.20. The van der Waals surface area contributed by atoms with E-state index in [9.17, 15) is 4.79 Å². The molecule has 0 fully saturated rings. The molecule has 0 amide bonds. The van der Waals surface area contributed by atoms with E-state index in [0.717, 1.165) is 16.7 Å². The van der Waals surface area contributed by atoms with E-state index in [-0.39, 0.29) is 11.4 Å². The Morgan fingerprint density at radius 3 is 2.39 bits per heavy atom. The van der Waals surface area contributed by atoms with Crippen molar-refractivity contribution in [1.82, 2.24) is 4.98 Å². The maximum absolute atomic E-state index is 11.5. The molecule has 23 heavy (non-hydrogen) atoms. The number of rotatable bonds is 2. The molecule has 0 atom stereocenters. The maximum Gasteiger partial charge on any atom is 0.337 e. The third-order valence-electron chi connectivity index (χ3n) is 3.81. The Morgan fingerprint density at radius 1 is 1.09 bits per heavy atom. The van der Waals surface area contributed by atoms with Crippen LogP contribution in [0.5, 0.6) is 0 Å². The van der Waals surface area contributed by atoms with E-state index in [1.165, 1.54) is 12.7 Å². The first-order valence-electron chi connectivity index (χ1n) is 7.48. The number of esters is 1. The lowest BCUT2D eigenvalue weighted by molar-refractivity contribution is 0.0600. The number of carbonyl (C=O) groups excluding carboxylic acids is 1. The average molecular weight is 309 g/mol. The molecule has 4 nitrogen and oxygen atoms in total. The zero-order valence-corrected chi connectivity index (χ0v) is 13.7. The molecular weight excluding hydrogens is 290 g/mol. The minimum absolute atomic E-state index is 0.0649. The molecule has 0 spiro atoms. The van der Waals surface area contributed by atoms with Crippen LogP contribution in [0, 0.1) is 0 Å². The highest BCUT2D eigenvalue weighted by Crippen LogP contribution is 2.29. The summed E-state index contributed by atoms with van der Waals surface area (Å²) in [5.74, 6) is 0.186. The first-order valence-corrected chi connectivity index (χ1v) is 7.48. The van der Waals surface area contributed by atoms with Crippen LogP contribution in [-0.2, 0) is 10.2 Å². The van der Waals surface area contributed by atoms with Crippen LogP contribution < -0.4 is 0 Å². The second-order valence-corrected chi connectivity index (χ2v) is 6.52. The van der Waals surface area contributed by atoms with Crippen LogP contribution in [0.25, 0.3) is 22.6 Å². The molecule has 118 valence electrons. The molecule has 0 radical (unpaired) electrons. The van der Waals surface area contributed by atoms with E-state index < -0.39 is 0 Å². The Morgan fingerprint density at radius 2 is 1.78 bits per heavy atom. The molecular formula is C19H19NO3. The number of ether oxygens (including phenoxy) is 1. The fourth-order valence-electron chi connectivity index (χ4n) is 2.38. The van der Waals surface area contributed by atoms with Crippen molar-refractivity contribution in [2.45, 2.75) is 26.2 Å². The van der Waals surface area contributed by atoms with E-state index in [2.05, 4.69) is 37.9 Å². The Bertz CT molecular complexity index is 854. The molecule has 0 N–H and O–H groups in total. The molecule has 1 aromatic heterocycles. The van der Waals surface area contributed by atoms with E-state index in [0.29, 0.717) is 11.5 Å². The monoisotopic (exact) mass is 309 g/mol. The van der Waals surface area contributed by atoms with E-state index in [4.69, 9.17) is 9.15 Å². The molecule has 0 aliphatic rings. The van der Waals surface area contributed by atoms with Gasteiger partial charge in [-0.3, -0.25) is 0 Å². The van der Waals surface area contributed by atoms with Crippen molar-refractivity contribution in [3.05, 3.63) is 53.6 Å². The highest BCUT2D eigenvalue weighted by molar-refractivity contribution is 5.89. The van der Waals surface area contributed by atoms with E-state index in [1.807, 2.05) is 18.2 Å². The Balaban J connectivity index is 1.98. The molecule has 0 unspecified atom stereocenters. The largest absolute Gasteiger partial charge is 0.465 e. The lowest BCUT2D eigenvalue weighted by Gasteiger charge is -2.18. The summed E-state index contributed by atoms with van der Waals surface area (Å²) in [6, 6.07) is 13.1. The molecule has 2 aromatic carbocycles. The standard InChI is InChI=1S/C19H19NO3/c1-19(2,3)14-9-10-16-15(11-14)20-17(23-16)12-5-7-13(8-6-12)18(21)22-4/h5-11H,1-4H3. The fraction of sp³-hybridized carbons (Fsp3) is 0.263. The zero-order valence-electron chi connectivity index (χ0n) is 13.7. The molecule has 0 aliphatic heterocycles. The van der Waals surface area contributed by atoms with Gasteiger partial charge in [0.1, 0.15) is 5.52 Å². The van der Waals surface area contributed by atoms with Crippen LogP contribution in [0.3, 0.4) is 0 Å². The van der Waals surface area contributed by atoms with Crippen LogP contribution in [-0.4, -0.2) is 18.1 Å². The third-order valence-corrected chi connectivity index (χ3v) is 3.81. The number of hydrogen-bond donors (Lipinski definition) is 0. The van der Waals surface area contributed by atoms with Gasteiger partial charge in [0.25, 0.3) is 0 Å². The smallest absolute Gasteiger partial charge is 0.337 e. The van der Waals surface area contributed by atoms with Gasteiger partial charge >= 0.3 is 5.97 Å². The number of aromatic nitrogens is 1. The van der Waals surface area contributed by atoms with Gasteiger partial charge in [0.05, 0.1) is 12.7 Å². The molecule has 1 heterocycles. The molecule has 4 heteroatoms. The van der Waals surface area contributed by atoms with Gasteiger partial charge in [0.15, 0.2) is 5.58 Å². The highest BCUT2D eigenvalue weighted by atomic mass is 16.5. The van der Waals surface area contributed by atoms with Gasteiger partial charge in [0.2, 0.25) is 5.89 Å². The Hall–Kier alpha value is -2.62. The average Bonchev–Trinajstić information content (AvgIpc) is 2.96. The number of oxazole rings is 1. The van der Waals surface area contributed by atoms with Gasteiger partial charge < -0.3 is 9.15 Å². The highest BCUT2D eigenvalue weighted by Gasteiger charge is 2.16. The number of nitrogens with zero attached hydrogens (tertiary/aromatic N) is 1. The van der Waals surface area contributed by atoms with Gasteiger partial charge in [0, 0.05) is 5.56 Å². The second-order valence-electron chi connectivity index (χ2n) is 6.52. The number of methoxy groups -OCH3 is 1. The summed E-state index contributed by atoms with van der Waals surface area (Å²) >= 11 is 0. The first-order chi connectivity index (χ1) is 10.9. The molecule has 0 saturated heterocycles. The van der Waals surface area contributed by atoms with Crippen molar-refractivity contribution >= 4 is 17.1 Å². The zero-order chi connectivity index (χ0) is 16.6. The third kappa shape index (κ3) is 2.97. The number of hydrogen-bond acceptors (Lipinski definition) is 4.